The van der Waals surface area contributed by atoms with E-state index in [9.17, 15) is 16.8 Å². The van der Waals surface area contributed by atoms with Gasteiger partial charge in [0.25, 0.3) is 0 Å². The summed E-state index contributed by atoms with van der Waals surface area (Å²) in [5.41, 5.74) is 5.35. The number of pyridine rings is 1. The third kappa shape index (κ3) is 5.11. The first kappa shape index (κ1) is 15.8. The molecule has 0 bridgehead atoms. The van der Waals surface area contributed by atoms with Crippen molar-refractivity contribution in [2.24, 2.45) is 0 Å². The van der Waals surface area contributed by atoms with Gasteiger partial charge < -0.3 is 5.73 Å². The van der Waals surface area contributed by atoms with Crippen LogP contribution in [0.15, 0.2) is 23.2 Å². The van der Waals surface area contributed by atoms with Gasteiger partial charge in [0.2, 0.25) is 20.0 Å². The second-order valence-corrected chi connectivity index (χ2v) is 7.33. The van der Waals surface area contributed by atoms with E-state index in [0.717, 1.165) is 6.20 Å². The van der Waals surface area contributed by atoms with Crippen molar-refractivity contribution in [2.45, 2.75) is 11.8 Å². The van der Waals surface area contributed by atoms with Crippen LogP contribution in [0.2, 0.25) is 0 Å². The van der Waals surface area contributed by atoms with E-state index in [1.807, 2.05) is 0 Å². The van der Waals surface area contributed by atoms with Crippen molar-refractivity contribution in [1.82, 2.24) is 14.4 Å². The largest absolute Gasteiger partial charge is 0.384 e. The smallest absolute Gasteiger partial charge is 0.242 e. The van der Waals surface area contributed by atoms with E-state index in [0.29, 0.717) is 0 Å². The summed E-state index contributed by atoms with van der Waals surface area (Å²) in [6, 6.07) is 2.65. The molecule has 0 aromatic carbocycles. The monoisotopic (exact) mass is 308 g/mol. The molecule has 0 saturated heterocycles. The molecule has 0 radical (unpaired) electrons. The van der Waals surface area contributed by atoms with Gasteiger partial charge in [-0.05, 0) is 12.1 Å². The summed E-state index contributed by atoms with van der Waals surface area (Å²) >= 11 is 0. The number of aromatic nitrogens is 1. The van der Waals surface area contributed by atoms with Crippen LogP contribution in [-0.4, -0.2) is 40.7 Å². The van der Waals surface area contributed by atoms with Gasteiger partial charge >= 0.3 is 0 Å². The number of nitrogens with one attached hydrogen (secondary N) is 2. The van der Waals surface area contributed by atoms with Crippen molar-refractivity contribution in [3.8, 4) is 0 Å². The van der Waals surface area contributed by atoms with Crippen LogP contribution in [0.5, 0.6) is 0 Å². The van der Waals surface area contributed by atoms with E-state index < -0.39 is 20.0 Å². The van der Waals surface area contributed by atoms with Gasteiger partial charge in [0.15, 0.2) is 0 Å². The number of nitrogen functional groups attached to an aromatic ring is 1. The first-order valence-electron chi connectivity index (χ1n) is 5.45. The van der Waals surface area contributed by atoms with Gasteiger partial charge in [-0.1, -0.05) is 6.92 Å². The Balaban J connectivity index is 2.64. The average Bonchev–Trinajstić information content (AvgIpc) is 2.28. The lowest BCUT2D eigenvalue weighted by molar-refractivity contribution is 0.576. The van der Waals surface area contributed by atoms with E-state index in [1.165, 1.54) is 12.1 Å². The maximum absolute atomic E-state index is 11.8. The molecule has 0 spiro atoms. The Morgan fingerprint density at radius 2 is 1.89 bits per heavy atom. The fourth-order valence-corrected chi connectivity index (χ4v) is 3.30. The lowest BCUT2D eigenvalue weighted by Crippen LogP contribution is -2.34. The highest BCUT2D eigenvalue weighted by atomic mass is 32.2. The molecule has 1 aromatic heterocycles. The second-order valence-electron chi connectivity index (χ2n) is 3.63. The molecule has 0 aliphatic heterocycles. The summed E-state index contributed by atoms with van der Waals surface area (Å²) in [7, 11) is -7.23. The standard InChI is InChI=1S/C9H16N4O4S2/c1-2-12-18(14,15)6-5-13-19(16,17)8-3-4-9(10)11-7-8/h3-4,7,12-13H,2,5-6H2,1H3,(H2,10,11). The van der Waals surface area contributed by atoms with Crippen molar-refractivity contribution in [3.63, 3.8) is 0 Å². The van der Waals surface area contributed by atoms with Crippen LogP contribution in [0.25, 0.3) is 0 Å². The van der Waals surface area contributed by atoms with E-state index in [4.69, 9.17) is 5.73 Å². The lowest BCUT2D eigenvalue weighted by Gasteiger charge is -2.07. The van der Waals surface area contributed by atoms with Crippen molar-refractivity contribution < 1.29 is 16.8 Å². The van der Waals surface area contributed by atoms with Crippen LogP contribution in [0.4, 0.5) is 5.82 Å². The van der Waals surface area contributed by atoms with E-state index in [2.05, 4.69) is 14.4 Å². The molecule has 8 nitrogen and oxygen atoms in total. The SMILES string of the molecule is CCNS(=O)(=O)CCNS(=O)(=O)c1ccc(N)nc1. The summed E-state index contributed by atoms with van der Waals surface area (Å²) in [6.07, 6.45) is 1.11. The maximum Gasteiger partial charge on any atom is 0.242 e. The van der Waals surface area contributed by atoms with Gasteiger partial charge in [-0.2, -0.15) is 0 Å². The van der Waals surface area contributed by atoms with Crippen LogP contribution >= 0.6 is 0 Å². The highest BCUT2D eigenvalue weighted by Crippen LogP contribution is 2.07. The molecule has 0 fully saturated rings. The Hall–Kier alpha value is -1.23. The van der Waals surface area contributed by atoms with Crippen molar-refractivity contribution in [1.29, 1.82) is 0 Å². The number of nitrogens with two attached hydrogens (primary N) is 1. The van der Waals surface area contributed by atoms with Crippen LogP contribution in [0.1, 0.15) is 6.92 Å². The lowest BCUT2D eigenvalue weighted by atomic mass is 10.5. The average molecular weight is 308 g/mol. The number of sulfonamides is 2. The number of hydrogen-bond donors (Lipinski definition) is 3. The van der Waals surface area contributed by atoms with Gasteiger partial charge in [0.05, 0.1) is 5.75 Å². The van der Waals surface area contributed by atoms with Crippen LogP contribution in [0, 0.1) is 0 Å². The Bertz CT molecular complexity index is 610. The molecule has 4 N–H and O–H groups in total. The van der Waals surface area contributed by atoms with Gasteiger partial charge in [-0.25, -0.2) is 31.3 Å². The molecule has 0 aliphatic carbocycles. The zero-order valence-corrected chi connectivity index (χ0v) is 12.0. The number of rotatable bonds is 7. The minimum Gasteiger partial charge on any atom is -0.384 e. The number of hydrogen-bond acceptors (Lipinski definition) is 6. The minimum absolute atomic E-state index is 0.0671. The number of nitrogens with zero attached hydrogens (tertiary/aromatic N) is 1. The molecule has 0 unspecified atom stereocenters. The Morgan fingerprint density at radius 1 is 1.21 bits per heavy atom. The zero-order chi connectivity index (χ0) is 14.5. The maximum atomic E-state index is 11.8. The summed E-state index contributed by atoms with van der Waals surface area (Å²) in [6.45, 7) is 1.68. The molecule has 0 aliphatic rings. The highest BCUT2D eigenvalue weighted by molar-refractivity contribution is 7.90. The van der Waals surface area contributed by atoms with Gasteiger partial charge in [0.1, 0.15) is 10.7 Å². The minimum atomic E-state index is -3.77. The summed E-state index contributed by atoms with van der Waals surface area (Å²) < 4.78 is 50.7. The Morgan fingerprint density at radius 3 is 2.42 bits per heavy atom. The molecule has 108 valence electrons. The van der Waals surface area contributed by atoms with E-state index >= 15 is 0 Å². The molecule has 1 aromatic rings. The highest BCUT2D eigenvalue weighted by Gasteiger charge is 2.16. The normalized spacial score (nSPS) is 12.5. The third-order valence-electron chi connectivity index (χ3n) is 2.10. The summed E-state index contributed by atoms with van der Waals surface area (Å²) in [5, 5.41) is 0. The van der Waals surface area contributed by atoms with Crippen LogP contribution in [-0.2, 0) is 20.0 Å². The van der Waals surface area contributed by atoms with Crippen molar-refractivity contribution >= 4 is 25.9 Å². The second kappa shape index (κ2) is 6.28. The molecular formula is C9H16N4O4S2. The van der Waals surface area contributed by atoms with Crippen molar-refractivity contribution in [3.05, 3.63) is 18.3 Å². The predicted octanol–water partition coefficient (Wildman–Crippen LogP) is -1.12. The van der Waals surface area contributed by atoms with Gasteiger partial charge in [-0.3, -0.25) is 0 Å². The quantitative estimate of drug-likeness (QED) is 0.585. The van der Waals surface area contributed by atoms with Crippen molar-refractivity contribution in [2.75, 3.05) is 24.6 Å². The topological polar surface area (TPSA) is 131 Å². The van der Waals surface area contributed by atoms with Crippen LogP contribution in [0.3, 0.4) is 0 Å². The zero-order valence-electron chi connectivity index (χ0n) is 10.3. The van der Waals surface area contributed by atoms with E-state index in [1.54, 1.807) is 6.92 Å². The molecule has 0 amide bonds. The molecule has 19 heavy (non-hydrogen) atoms. The Labute approximate surface area is 112 Å². The van der Waals surface area contributed by atoms with Gasteiger partial charge in [-0.15, -0.1) is 0 Å². The summed E-state index contributed by atoms with van der Waals surface area (Å²) in [4.78, 5) is 3.59. The third-order valence-corrected chi connectivity index (χ3v) is 5.01. The summed E-state index contributed by atoms with van der Waals surface area (Å²) in [5.74, 6) is -0.128. The molecule has 1 rings (SSSR count). The molecule has 0 atom stereocenters. The van der Waals surface area contributed by atoms with Gasteiger partial charge in [0, 0.05) is 19.3 Å². The molecule has 1 heterocycles. The fraction of sp³-hybridized carbons (Fsp3) is 0.444. The molecule has 10 heteroatoms. The Kier molecular flexibility index (Phi) is 5.23. The van der Waals surface area contributed by atoms with E-state index in [-0.39, 0.29) is 29.6 Å². The fourth-order valence-electron chi connectivity index (χ4n) is 1.24. The first-order chi connectivity index (χ1) is 8.77. The predicted molar refractivity (Wildman–Crippen MR) is 71.3 cm³/mol. The molecular weight excluding hydrogens is 292 g/mol. The van der Waals surface area contributed by atoms with Crippen LogP contribution < -0.4 is 15.2 Å². The number of anilines is 1. The first-order valence-corrected chi connectivity index (χ1v) is 8.59. The molecule has 0 saturated carbocycles.